The van der Waals surface area contributed by atoms with E-state index in [4.69, 9.17) is 0 Å². The van der Waals surface area contributed by atoms with Crippen LogP contribution in [0.1, 0.15) is 23.1 Å². The van der Waals surface area contributed by atoms with E-state index in [9.17, 15) is 4.39 Å². The van der Waals surface area contributed by atoms with Crippen molar-refractivity contribution in [1.29, 1.82) is 0 Å². The van der Waals surface area contributed by atoms with Gasteiger partial charge in [0.25, 0.3) is 0 Å². The standard InChI is InChI=1S/C17H18FN/c1-12-10-15(18)8-6-14(12)11-16-9-7-13-4-2-3-5-17(13)19-16/h2-6,8,10,16,19H,7,9,11H2,1H3. The van der Waals surface area contributed by atoms with Crippen LogP contribution in [0.25, 0.3) is 0 Å². The van der Waals surface area contributed by atoms with E-state index in [2.05, 4.69) is 29.6 Å². The summed E-state index contributed by atoms with van der Waals surface area (Å²) in [6.07, 6.45) is 3.21. The Morgan fingerprint density at radius 2 is 2.05 bits per heavy atom. The molecule has 0 fully saturated rings. The lowest BCUT2D eigenvalue weighted by Crippen LogP contribution is -2.27. The smallest absolute Gasteiger partial charge is 0.123 e. The summed E-state index contributed by atoms with van der Waals surface area (Å²) in [6.45, 7) is 1.98. The second-order valence-electron chi connectivity index (χ2n) is 5.31. The Hall–Kier alpha value is -1.83. The molecule has 1 heterocycles. The Labute approximate surface area is 113 Å². The van der Waals surface area contributed by atoms with Crippen molar-refractivity contribution in [2.24, 2.45) is 0 Å². The maximum Gasteiger partial charge on any atom is 0.123 e. The van der Waals surface area contributed by atoms with Crippen LogP contribution in [-0.2, 0) is 12.8 Å². The molecule has 2 aromatic carbocycles. The number of halogens is 1. The average Bonchev–Trinajstić information content (AvgIpc) is 2.42. The number of benzene rings is 2. The molecule has 1 aliphatic rings. The molecule has 1 nitrogen and oxygen atoms in total. The monoisotopic (exact) mass is 255 g/mol. The van der Waals surface area contributed by atoms with Gasteiger partial charge in [-0.3, -0.25) is 0 Å². The van der Waals surface area contributed by atoms with Gasteiger partial charge in [0, 0.05) is 11.7 Å². The summed E-state index contributed by atoms with van der Waals surface area (Å²) in [5, 5.41) is 3.59. The third kappa shape index (κ3) is 2.62. The molecular weight excluding hydrogens is 237 g/mol. The molecular formula is C17H18FN. The van der Waals surface area contributed by atoms with Gasteiger partial charge in [0.05, 0.1) is 0 Å². The van der Waals surface area contributed by atoms with Gasteiger partial charge < -0.3 is 5.32 Å². The number of rotatable bonds is 2. The Morgan fingerprint density at radius 1 is 1.21 bits per heavy atom. The third-order valence-corrected chi connectivity index (χ3v) is 3.91. The minimum Gasteiger partial charge on any atom is -0.382 e. The molecule has 19 heavy (non-hydrogen) atoms. The van der Waals surface area contributed by atoms with Crippen LogP contribution >= 0.6 is 0 Å². The molecule has 1 atom stereocenters. The van der Waals surface area contributed by atoms with E-state index in [0.29, 0.717) is 6.04 Å². The largest absolute Gasteiger partial charge is 0.382 e. The summed E-state index contributed by atoms with van der Waals surface area (Å²) < 4.78 is 13.1. The minimum atomic E-state index is -0.150. The molecule has 0 saturated heterocycles. The predicted molar refractivity (Wildman–Crippen MR) is 77.0 cm³/mol. The predicted octanol–water partition coefficient (Wildman–Crippen LogP) is 4.10. The fourth-order valence-corrected chi connectivity index (χ4v) is 2.81. The normalized spacial score (nSPS) is 17.7. The molecule has 1 N–H and O–H groups in total. The van der Waals surface area contributed by atoms with Crippen LogP contribution in [0.5, 0.6) is 0 Å². The zero-order valence-corrected chi connectivity index (χ0v) is 11.1. The van der Waals surface area contributed by atoms with Crippen LogP contribution in [0.4, 0.5) is 10.1 Å². The number of para-hydroxylation sites is 1. The molecule has 2 aromatic rings. The maximum absolute atomic E-state index is 13.1. The fraction of sp³-hybridized carbons (Fsp3) is 0.294. The summed E-state index contributed by atoms with van der Waals surface area (Å²) in [5.74, 6) is -0.150. The molecule has 1 aliphatic heterocycles. The van der Waals surface area contributed by atoms with E-state index in [1.54, 1.807) is 12.1 Å². The van der Waals surface area contributed by atoms with Crippen molar-refractivity contribution in [3.05, 3.63) is 65.0 Å². The first-order valence-electron chi connectivity index (χ1n) is 6.82. The molecule has 0 aromatic heterocycles. The summed E-state index contributed by atoms with van der Waals surface area (Å²) in [5.41, 5.74) is 4.92. The zero-order valence-electron chi connectivity index (χ0n) is 11.1. The van der Waals surface area contributed by atoms with Crippen LogP contribution in [0.2, 0.25) is 0 Å². The first-order chi connectivity index (χ1) is 9.22. The number of hydrogen-bond acceptors (Lipinski definition) is 1. The van der Waals surface area contributed by atoms with E-state index < -0.39 is 0 Å². The Morgan fingerprint density at radius 3 is 2.89 bits per heavy atom. The number of fused-ring (bicyclic) bond motifs is 1. The van der Waals surface area contributed by atoms with E-state index in [0.717, 1.165) is 24.8 Å². The Balaban J connectivity index is 1.75. The van der Waals surface area contributed by atoms with Crippen molar-refractivity contribution in [2.45, 2.75) is 32.2 Å². The van der Waals surface area contributed by atoms with Crippen LogP contribution in [-0.4, -0.2) is 6.04 Å². The van der Waals surface area contributed by atoms with Crippen molar-refractivity contribution in [3.63, 3.8) is 0 Å². The van der Waals surface area contributed by atoms with Gasteiger partial charge in [0.2, 0.25) is 0 Å². The molecule has 3 rings (SSSR count). The van der Waals surface area contributed by atoms with Crippen LogP contribution in [0, 0.1) is 12.7 Å². The number of anilines is 1. The first kappa shape index (κ1) is 12.2. The number of hydrogen-bond donors (Lipinski definition) is 1. The van der Waals surface area contributed by atoms with Gasteiger partial charge in [-0.05, 0) is 61.1 Å². The number of aryl methyl sites for hydroxylation is 2. The highest BCUT2D eigenvalue weighted by atomic mass is 19.1. The van der Waals surface area contributed by atoms with Crippen molar-refractivity contribution in [3.8, 4) is 0 Å². The van der Waals surface area contributed by atoms with Gasteiger partial charge in [0.15, 0.2) is 0 Å². The van der Waals surface area contributed by atoms with Crippen LogP contribution in [0.3, 0.4) is 0 Å². The van der Waals surface area contributed by atoms with Gasteiger partial charge in [-0.15, -0.1) is 0 Å². The van der Waals surface area contributed by atoms with Crippen molar-refractivity contribution < 1.29 is 4.39 Å². The third-order valence-electron chi connectivity index (χ3n) is 3.91. The van der Waals surface area contributed by atoms with Gasteiger partial charge in [0.1, 0.15) is 5.82 Å². The molecule has 0 aliphatic carbocycles. The number of nitrogens with one attached hydrogen (secondary N) is 1. The molecule has 0 radical (unpaired) electrons. The molecule has 98 valence electrons. The van der Waals surface area contributed by atoms with Crippen molar-refractivity contribution >= 4 is 5.69 Å². The molecule has 0 bridgehead atoms. The van der Waals surface area contributed by atoms with E-state index in [1.165, 1.54) is 16.8 Å². The first-order valence-corrected chi connectivity index (χ1v) is 6.82. The van der Waals surface area contributed by atoms with Crippen molar-refractivity contribution in [1.82, 2.24) is 0 Å². The SMILES string of the molecule is Cc1cc(F)ccc1CC1CCc2ccccc2N1. The van der Waals surface area contributed by atoms with Gasteiger partial charge in [-0.25, -0.2) is 4.39 Å². The summed E-state index contributed by atoms with van der Waals surface area (Å²) in [7, 11) is 0. The molecule has 0 saturated carbocycles. The highest BCUT2D eigenvalue weighted by Crippen LogP contribution is 2.26. The molecule has 2 heteroatoms. The lowest BCUT2D eigenvalue weighted by Gasteiger charge is -2.27. The molecule has 0 amide bonds. The van der Waals surface area contributed by atoms with E-state index >= 15 is 0 Å². The van der Waals surface area contributed by atoms with Crippen LogP contribution < -0.4 is 5.32 Å². The van der Waals surface area contributed by atoms with E-state index in [1.807, 2.05) is 13.0 Å². The van der Waals surface area contributed by atoms with Gasteiger partial charge in [-0.2, -0.15) is 0 Å². The van der Waals surface area contributed by atoms with Crippen LogP contribution in [0.15, 0.2) is 42.5 Å². The van der Waals surface area contributed by atoms with E-state index in [-0.39, 0.29) is 5.82 Å². The quantitative estimate of drug-likeness (QED) is 0.851. The van der Waals surface area contributed by atoms with Gasteiger partial charge in [-0.1, -0.05) is 24.3 Å². The minimum absolute atomic E-state index is 0.150. The topological polar surface area (TPSA) is 12.0 Å². The second-order valence-corrected chi connectivity index (χ2v) is 5.31. The molecule has 1 unspecified atom stereocenters. The molecule has 0 spiro atoms. The lowest BCUT2D eigenvalue weighted by atomic mass is 9.92. The highest BCUT2D eigenvalue weighted by molar-refractivity contribution is 5.54. The average molecular weight is 255 g/mol. The van der Waals surface area contributed by atoms with Crippen molar-refractivity contribution in [2.75, 3.05) is 5.32 Å². The summed E-state index contributed by atoms with van der Waals surface area (Å²) >= 11 is 0. The lowest BCUT2D eigenvalue weighted by molar-refractivity contribution is 0.614. The second kappa shape index (κ2) is 5.04. The highest BCUT2D eigenvalue weighted by Gasteiger charge is 2.18. The summed E-state index contributed by atoms with van der Waals surface area (Å²) in [4.78, 5) is 0. The van der Waals surface area contributed by atoms with Gasteiger partial charge >= 0.3 is 0 Å². The Kier molecular flexibility index (Phi) is 3.24. The summed E-state index contributed by atoms with van der Waals surface area (Å²) in [6, 6.07) is 14.0. The Bertz CT molecular complexity index is 592. The maximum atomic E-state index is 13.1. The zero-order chi connectivity index (χ0) is 13.2. The fourth-order valence-electron chi connectivity index (χ4n) is 2.81.